The summed E-state index contributed by atoms with van der Waals surface area (Å²) in [4.78, 5) is 3.27. The van der Waals surface area contributed by atoms with Gasteiger partial charge in [0.1, 0.15) is 17.0 Å². The summed E-state index contributed by atoms with van der Waals surface area (Å²) in [5.74, 6) is -0.655. The third-order valence-corrected chi connectivity index (χ3v) is 2.46. The highest BCUT2D eigenvalue weighted by atomic mass is 79.9. The van der Waals surface area contributed by atoms with E-state index in [0.29, 0.717) is 6.07 Å². The molecule has 0 radical (unpaired) electrons. The predicted molar refractivity (Wildman–Crippen MR) is 53.4 cm³/mol. The molecule has 0 saturated heterocycles. The van der Waals surface area contributed by atoms with Crippen LogP contribution in [0.3, 0.4) is 0 Å². The van der Waals surface area contributed by atoms with Crippen LogP contribution in [-0.2, 0) is 11.5 Å². The fourth-order valence-corrected chi connectivity index (χ4v) is 1.67. The number of halogens is 6. The van der Waals surface area contributed by atoms with Gasteiger partial charge in [-0.2, -0.15) is 13.2 Å². The highest BCUT2D eigenvalue weighted by Gasteiger charge is 2.38. The molecule has 96 valence electrons. The van der Waals surface area contributed by atoms with Gasteiger partial charge in [0.05, 0.1) is 12.8 Å². The molecule has 0 aliphatic heterocycles. The van der Waals surface area contributed by atoms with Crippen LogP contribution in [0.15, 0.2) is 6.07 Å². The Bertz CT molecular complexity index is 382. The van der Waals surface area contributed by atoms with E-state index in [4.69, 9.17) is 0 Å². The SMILES string of the molecule is COc1cc(C(F)F)nc(CBr)c1C(F)(F)F. The Kier molecular flexibility index (Phi) is 4.29. The minimum Gasteiger partial charge on any atom is -0.496 e. The Labute approximate surface area is 102 Å². The van der Waals surface area contributed by atoms with Crippen molar-refractivity contribution in [1.82, 2.24) is 4.98 Å². The molecule has 0 saturated carbocycles. The topological polar surface area (TPSA) is 22.1 Å². The highest BCUT2D eigenvalue weighted by molar-refractivity contribution is 9.08. The van der Waals surface area contributed by atoms with Gasteiger partial charge in [-0.25, -0.2) is 8.78 Å². The van der Waals surface area contributed by atoms with Gasteiger partial charge in [0.2, 0.25) is 0 Å². The minimum absolute atomic E-state index is 0.293. The molecular weight excluding hydrogens is 313 g/mol. The molecule has 0 bridgehead atoms. The molecule has 0 atom stereocenters. The van der Waals surface area contributed by atoms with Gasteiger partial charge in [-0.1, -0.05) is 15.9 Å². The van der Waals surface area contributed by atoms with Crippen molar-refractivity contribution in [2.75, 3.05) is 7.11 Å². The van der Waals surface area contributed by atoms with E-state index in [1.54, 1.807) is 0 Å². The van der Waals surface area contributed by atoms with E-state index >= 15 is 0 Å². The predicted octanol–water partition coefficient (Wildman–Crippen LogP) is 3.94. The number of aromatic nitrogens is 1. The Morgan fingerprint density at radius 2 is 2.00 bits per heavy atom. The molecule has 1 aromatic heterocycles. The van der Waals surface area contributed by atoms with Crippen LogP contribution < -0.4 is 4.74 Å². The lowest BCUT2D eigenvalue weighted by Gasteiger charge is -2.16. The molecule has 1 aromatic rings. The Morgan fingerprint density at radius 3 is 2.35 bits per heavy atom. The molecule has 8 heteroatoms. The highest BCUT2D eigenvalue weighted by Crippen LogP contribution is 2.40. The lowest BCUT2D eigenvalue weighted by molar-refractivity contribution is -0.139. The van der Waals surface area contributed by atoms with Gasteiger partial charge in [-0.05, 0) is 0 Å². The third-order valence-electron chi connectivity index (χ3n) is 1.93. The number of pyridine rings is 1. The van der Waals surface area contributed by atoms with Crippen LogP contribution in [-0.4, -0.2) is 12.1 Å². The van der Waals surface area contributed by atoms with Crippen molar-refractivity contribution in [3.63, 3.8) is 0 Å². The van der Waals surface area contributed by atoms with Crippen LogP contribution in [0.5, 0.6) is 5.75 Å². The van der Waals surface area contributed by atoms with Crippen molar-refractivity contribution >= 4 is 15.9 Å². The van der Waals surface area contributed by atoms with E-state index in [1.807, 2.05) is 0 Å². The van der Waals surface area contributed by atoms with Crippen molar-refractivity contribution in [3.05, 3.63) is 23.0 Å². The minimum atomic E-state index is -4.71. The first-order valence-electron chi connectivity index (χ1n) is 4.30. The number of hydrogen-bond donors (Lipinski definition) is 0. The molecule has 0 spiro atoms. The van der Waals surface area contributed by atoms with Gasteiger partial charge in [0.15, 0.2) is 0 Å². The number of nitrogens with zero attached hydrogens (tertiary/aromatic N) is 1. The second-order valence-corrected chi connectivity index (χ2v) is 3.56. The molecule has 2 nitrogen and oxygen atoms in total. The summed E-state index contributed by atoms with van der Waals surface area (Å²) in [6, 6.07) is 0.597. The maximum atomic E-state index is 12.7. The maximum Gasteiger partial charge on any atom is 0.421 e. The second kappa shape index (κ2) is 5.16. The first-order valence-corrected chi connectivity index (χ1v) is 5.42. The molecule has 1 heterocycles. The fourth-order valence-electron chi connectivity index (χ4n) is 1.27. The molecule has 0 amide bonds. The second-order valence-electron chi connectivity index (χ2n) is 3.00. The zero-order valence-electron chi connectivity index (χ0n) is 8.49. The molecule has 0 aliphatic carbocycles. The van der Waals surface area contributed by atoms with E-state index < -0.39 is 35.3 Å². The van der Waals surface area contributed by atoms with E-state index in [9.17, 15) is 22.0 Å². The molecule has 17 heavy (non-hydrogen) atoms. The summed E-state index contributed by atoms with van der Waals surface area (Å²) >= 11 is 2.78. The van der Waals surface area contributed by atoms with E-state index in [1.165, 1.54) is 0 Å². The van der Waals surface area contributed by atoms with E-state index in [2.05, 4.69) is 25.7 Å². The number of ether oxygens (including phenoxy) is 1. The van der Waals surface area contributed by atoms with Crippen LogP contribution >= 0.6 is 15.9 Å². The average Bonchev–Trinajstić information content (AvgIpc) is 2.25. The van der Waals surface area contributed by atoms with Gasteiger partial charge in [-0.15, -0.1) is 0 Å². The largest absolute Gasteiger partial charge is 0.496 e. The van der Waals surface area contributed by atoms with E-state index in [-0.39, 0.29) is 5.33 Å². The van der Waals surface area contributed by atoms with Crippen LogP contribution in [0.1, 0.15) is 23.4 Å². The zero-order valence-corrected chi connectivity index (χ0v) is 10.1. The molecule has 0 N–H and O–H groups in total. The average molecular weight is 320 g/mol. The first-order chi connectivity index (χ1) is 7.81. The number of methoxy groups -OCH3 is 1. The smallest absolute Gasteiger partial charge is 0.421 e. The third kappa shape index (κ3) is 3.05. The van der Waals surface area contributed by atoms with Crippen molar-refractivity contribution in [3.8, 4) is 5.75 Å². The van der Waals surface area contributed by atoms with Crippen molar-refractivity contribution in [2.45, 2.75) is 17.9 Å². The molecule has 0 aromatic carbocycles. The van der Waals surface area contributed by atoms with Gasteiger partial charge >= 0.3 is 6.18 Å². The summed E-state index contributed by atoms with van der Waals surface area (Å²) < 4.78 is 67.4. The van der Waals surface area contributed by atoms with Crippen molar-refractivity contribution < 1.29 is 26.7 Å². The number of alkyl halides is 6. The van der Waals surface area contributed by atoms with Crippen LogP contribution in [0.4, 0.5) is 22.0 Å². The van der Waals surface area contributed by atoms with Gasteiger partial charge < -0.3 is 4.74 Å². The Hall–Kier alpha value is -0.920. The maximum absolute atomic E-state index is 12.7. The zero-order chi connectivity index (χ0) is 13.2. The lowest BCUT2D eigenvalue weighted by atomic mass is 10.1. The molecule has 0 aliphatic rings. The number of hydrogen-bond acceptors (Lipinski definition) is 2. The summed E-state index contributed by atoms with van der Waals surface area (Å²) in [6.45, 7) is 0. The Morgan fingerprint density at radius 1 is 1.41 bits per heavy atom. The standard InChI is InChI=1S/C9H7BrF5NO/c1-17-6-2-4(8(11)12)16-5(3-10)7(6)9(13,14)15/h2,8H,3H2,1H3. The molecule has 0 unspecified atom stereocenters. The molecule has 0 fully saturated rings. The quantitative estimate of drug-likeness (QED) is 0.622. The van der Waals surface area contributed by atoms with E-state index in [0.717, 1.165) is 7.11 Å². The van der Waals surface area contributed by atoms with Crippen molar-refractivity contribution in [1.29, 1.82) is 0 Å². The van der Waals surface area contributed by atoms with Gasteiger partial charge in [0, 0.05) is 11.4 Å². The number of rotatable bonds is 3. The Balaban J connectivity index is 3.47. The monoisotopic (exact) mass is 319 g/mol. The molecule has 1 rings (SSSR count). The fraction of sp³-hybridized carbons (Fsp3) is 0.444. The van der Waals surface area contributed by atoms with Crippen LogP contribution in [0, 0.1) is 0 Å². The van der Waals surface area contributed by atoms with Gasteiger partial charge in [-0.3, -0.25) is 4.98 Å². The van der Waals surface area contributed by atoms with Crippen LogP contribution in [0.25, 0.3) is 0 Å². The van der Waals surface area contributed by atoms with Gasteiger partial charge in [0.25, 0.3) is 6.43 Å². The normalized spacial score (nSPS) is 12.0. The van der Waals surface area contributed by atoms with Crippen LogP contribution in [0.2, 0.25) is 0 Å². The summed E-state index contributed by atoms with van der Waals surface area (Å²) in [5, 5.41) is -0.293. The first kappa shape index (κ1) is 14.1. The summed E-state index contributed by atoms with van der Waals surface area (Å²) in [6.07, 6.45) is -7.66. The summed E-state index contributed by atoms with van der Waals surface area (Å²) in [5.41, 5.74) is -2.40. The summed E-state index contributed by atoms with van der Waals surface area (Å²) in [7, 11) is 0.984. The molecular formula is C9H7BrF5NO. The lowest BCUT2D eigenvalue weighted by Crippen LogP contribution is -2.13. The van der Waals surface area contributed by atoms with Crippen molar-refractivity contribution in [2.24, 2.45) is 0 Å².